The van der Waals surface area contributed by atoms with Crippen LogP contribution in [0.3, 0.4) is 0 Å². The van der Waals surface area contributed by atoms with Crippen LogP contribution in [0.25, 0.3) is 0 Å². The van der Waals surface area contributed by atoms with E-state index in [1.807, 2.05) is 67.6 Å². The van der Waals surface area contributed by atoms with Crippen LogP contribution in [0.5, 0.6) is 0 Å². The van der Waals surface area contributed by atoms with E-state index in [4.69, 9.17) is 0 Å². The molecule has 2 amide bonds. The summed E-state index contributed by atoms with van der Waals surface area (Å²) in [6.45, 7) is 5.01. The van der Waals surface area contributed by atoms with Crippen molar-refractivity contribution < 1.29 is 9.59 Å². The Bertz CT molecular complexity index is 701. The average Bonchev–Trinajstić information content (AvgIpc) is 2.71. The van der Waals surface area contributed by atoms with E-state index in [9.17, 15) is 9.59 Å². The molecule has 2 aromatic rings. The van der Waals surface area contributed by atoms with Gasteiger partial charge >= 0.3 is 0 Å². The van der Waals surface area contributed by atoms with E-state index in [0.717, 1.165) is 24.0 Å². The highest BCUT2D eigenvalue weighted by atomic mass is 16.2. The van der Waals surface area contributed by atoms with Crippen molar-refractivity contribution in [2.24, 2.45) is 0 Å². The molecule has 0 heterocycles. The topological polar surface area (TPSA) is 49.4 Å². The lowest BCUT2D eigenvalue weighted by atomic mass is 10.0. The molecule has 0 aliphatic heterocycles. The molecule has 0 radical (unpaired) electrons. The Kier molecular flexibility index (Phi) is 8.56. The number of carbonyl (C=O) groups is 2. The number of unbranched alkanes of at least 4 members (excludes halogenated alkanes) is 1. The van der Waals surface area contributed by atoms with Crippen molar-refractivity contribution >= 4 is 11.8 Å². The molecule has 1 atom stereocenters. The molecule has 0 aromatic heterocycles. The lowest BCUT2D eigenvalue weighted by Gasteiger charge is -2.31. The zero-order chi connectivity index (χ0) is 19.5. The van der Waals surface area contributed by atoms with Crippen molar-refractivity contribution in [1.82, 2.24) is 10.2 Å². The number of carbonyl (C=O) groups excluding carboxylic acids is 2. The van der Waals surface area contributed by atoms with Gasteiger partial charge in [0.05, 0.1) is 0 Å². The highest BCUT2D eigenvalue weighted by molar-refractivity contribution is 5.87. The molecule has 144 valence electrons. The fraction of sp³-hybridized carbons (Fsp3) is 0.391. The van der Waals surface area contributed by atoms with Gasteiger partial charge in [-0.1, -0.05) is 80.9 Å². The van der Waals surface area contributed by atoms with E-state index in [2.05, 4.69) is 12.2 Å². The van der Waals surface area contributed by atoms with E-state index in [1.54, 1.807) is 4.90 Å². The van der Waals surface area contributed by atoms with Gasteiger partial charge in [0.25, 0.3) is 0 Å². The molecule has 4 nitrogen and oxygen atoms in total. The molecule has 2 aromatic carbocycles. The summed E-state index contributed by atoms with van der Waals surface area (Å²) in [6.07, 6.45) is 2.84. The molecule has 1 N–H and O–H groups in total. The molecule has 4 heteroatoms. The molecule has 0 spiro atoms. The Morgan fingerprint density at radius 3 is 2.07 bits per heavy atom. The Morgan fingerprint density at radius 2 is 1.52 bits per heavy atom. The molecule has 0 aliphatic rings. The van der Waals surface area contributed by atoms with Crippen LogP contribution < -0.4 is 5.32 Å². The van der Waals surface area contributed by atoms with E-state index in [0.29, 0.717) is 25.9 Å². The SMILES string of the molecule is CCCCNC(=O)[C@@H](Cc1ccccc1)N(Cc1ccccc1)C(=O)CC. The van der Waals surface area contributed by atoms with Crippen LogP contribution in [0.2, 0.25) is 0 Å². The highest BCUT2D eigenvalue weighted by Crippen LogP contribution is 2.15. The number of hydrogen-bond acceptors (Lipinski definition) is 2. The Balaban J connectivity index is 2.26. The first-order chi connectivity index (χ1) is 13.2. The molecule has 27 heavy (non-hydrogen) atoms. The lowest BCUT2D eigenvalue weighted by molar-refractivity contribution is -0.141. The predicted molar refractivity (Wildman–Crippen MR) is 109 cm³/mol. The Labute approximate surface area is 162 Å². The Morgan fingerprint density at radius 1 is 0.926 bits per heavy atom. The monoisotopic (exact) mass is 366 g/mol. The predicted octanol–water partition coefficient (Wildman–Crippen LogP) is 3.95. The summed E-state index contributed by atoms with van der Waals surface area (Å²) in [5, 5.41) is 3.02. The van der Waals surface area contributed by atoms with Crippen molar-refractivity contribution in [2.45, 2.75) is 52.1 Å². The third-order valence-corrected chi connectivity index (χ3v) is 4.60. The lowest BCUT2D eigenvalue weighted by Crippen LogP contribution is -2.50. The second-order valence-electron chi connectivity index (χ2n) is 6.71. The normalized spacial score (nSPS) is 11.6. The van der Waals surface area contributed by atoms with Gasteiger partial charge in [0.2, 0.25) is 11.8 Å². The van der Waals surface area contributed by atoms with Gasteiger partial charge in [0.1, 0.15) is 6.04 Å². The molecule has 0 unspecified atom stereocenters. The molecule has 0 aliphatic carbocycles. The van der Waals surface area contributed by atoms with Crippen molar-refractivity contribution in [3.63, 3.8) is 0 Å². The third kappa shape index (κ3) is 6.55. The average molecular weight is 367 g/mol. The van der Waals surface area contributed by atoms with Crippen LogP contribution in [-0.2, 0) is 22.6 Å². The fourth-order valence-corrected chi connectivity index (χ4v) is 3.04. The number of hydrogen-bond donors (Lipinski definition) is 1. The summed E-state index contributed by atoms with van der Waals surface area (Å²) in [5.74, 6) is -0.0875. The maximum atomic E-state index is 13.0. The zero-order valence-electron chi connectivity index (χ0n) is 16.4. The number of nitrogens with zero attached hydrogens (tertiary/aromatic N) is 1. The van der Waals surface area contributed by atoms with Gasteiger partial charge in [0.15, 0.2) is 0 Å². The quantitative estimate of drug-likeness (QED) is 0.647. The summed E-state index contributed by atoms with van der Waals surface area (Å²) in [7, 11) is 0. The van der Waals surface area contributed by atoms with Crippen LogP contribution in [-0.4, -0.2) is 29.3 Å². The van der Waals surface area contributed by atoms with E-state index >= 15 is 0 Å². The number of rotatable bonds is 10. The van der Waals surface area contributed by atoms with E-state index in [-0.39, 0.29) is 11.8 Å². The van der Waals surface area contributed by atoms with Gasteiger partial charge in [-0.05, 0) is 17.5 Å². The van der Waals surface area contributed by atoms with Crippen molar-refractivity contribution in [3.8, 4) is 0 Å². The van der Waals surface area contributed by atoms with Crippen LogP contribution in [0.1, 0.15) is 44.2 Å². The molecule has 0 fully saturated rings. The van der Waals surface area contributed by atoms with Crippen LogP contribution in [0.4, 0.5) is 0 Å². The standard InChI is InChI=1S/C23H30N2O2/c1-3-5-16-24-23(27)21(17-19-12-8-6-9-13-19)25(22(26)4-2)18-20-14-10-7-11-15-20/h6-15,21H,3-5,16-18H2,1-2H3,(H,24,27)/t21-/m1/s1. The first kappa shape index (κ1) is 20.7. The van der Waals surface area contributed by atoms with Gasteiger partial charge in [-0.2, -0.15) is 0 Å². The second-order valence-corrected chi connectivity index (χ2v) is 6.71. The maximum Gasteiger partial charge on any atom is 0.243 e. The second kappa shape index (κ2) is 11.2. The summed E-state index contributed by atoms with van der Waals surface area (Å²) >= 11 is 0. The van der Waals surface area contributed by atoms with Crippen LogP contribution in [0.15, 0.2) is 60.7 Å². The maximum absolute atomic E-state index is 13.0. The van der Waals surface area contributed by atoms with Crippen LogP contribution in [0, 0.1) is 0 Å². The van der Waals surface area contributed by atoms with Crippen molar-refractivity contribution in [3.05, 3.63) is 71.8 Å². The van der Waals surface area contributed by atoms with Gasteiger partial charge in [-0.3, -0.25) is 9.59 Å². The first-order valence-corrected chi connectivity index (χ1v) is 9.80. The summed E-state index contributed by atoms with van der Waals surface area (Å²) < 4.78 is 0. The molecular formula is C23H30N2O2. The van der Waals surface area contributed by atoms with E-state index in [1.165, 1.54) is 0 Å². The smallest absolute Gasteiger partial charge is 0.243 e. The molecule has 2 rings (SSSR count). The van der Waals surface area contributed by atoms with Gasteiger partial charge < -0.3 is 10.2 Å². The highest BCUT2D eigenvalue weighted by Gasteiger charge is 2.29. The molecule has 0 saturated heterocycles. The van der Waals surface area contributed by atoms with Gasteiger partial charge in [-0.25, -0.2) is 0 Å². The summed E-state index contributed by atoms with van der Waals surface area (Å²) in [4.78, 5) is 27.4. The van der Waals surface area contributed by atoms with Crippen LogP contribution >= 0.6 is 0 Å². The largest absolute Gasteiger partial charge is 0.354 e. The summed E-state index contributed by atoms with van der Waals surface area (Å²) in [6, 6.07) is 19.2. The number of nitrogens with one attached hydrogen (secondary N) is 1. The number of amides is 2. The first-order valence-electron chi connectivity index (χ1n) is 9.80. The van der Waals surface area contributed by atoms with Gasteiger partial charge in [-0.15, -0.1) is 0 Å². The minimum absolute atomic E-state index is 0.00887. The number of benzene rings is 2. The molecular weight excluding hydrogens is 336 g/mol. The minimum atomic E-state index is -0.517. The minimum Gasteiger partial charge on any atom is -0.354 e. The van der Waals surface area contributed by atoms with Crippen molar-refractivity contribution in [1.29, 1.82) is 0 Å². The third-order valence-electron chi connectivity index (χ3n) is 4.60. The zero-order valence-corrected chi connectivity index (χ0v) is 16.4. The Hall–Kier alpha value is -2.62. The summed E-state index contributed by atoms with van der Waals surface area (Å²) in [5.41, 5.74) is 2.08. The molecule has 0 bridgehead atoms. The molecule has 0 saturated carbocycles. The van der Waals surface area contributed by atoms with Gasteiger partial charge in [0, 0.05) is 25.9 Å². The van der Waals surface area contributed by atoms with Crippen molar-refractivity contribution in [2.75, 3.05) is 6.54 Å². The fourth-order valence-electron chi connectivity index (χ4n) is 3.04. The van der Waals surface area contributed by atoms with E-state index < -0.39 is 6.04 Å².